The fraction of sp³-hybridized carbons (Fsp3) is 0.250. The van der Waals surface area contributed by atoms with Crippen molar-refractivity contribution in [2.75, 3.05) is 37.8 Å². The summed E-state index contributed by atoms with van der Waals surface area (Å²) in [6, 6.07) is 14.9. The molecule has 4 rings (SSSR count). The van der Waals surface area contributed by atoms with Gasteiger partial charge in [-0.1, -0.05) is 18.2 Å². The number of amides is 2. The molecule has 0 spiro atoms. The second kappa shape index (κ2) is 9.57. The van der Waals surface area contributed by atoms with Crippen molar-refractivity contribution in [1.82, 2.24) is 20.2 Å². The summed E-state index contributed by atoms with van der Waals surface area (Å²) < 4.78 is 0. The van der Waals surface area contributed by atoms with Gasteiger partial charge in [-0.15, -0.1) is 0 Å². The fourth-order valence-electron chi connectivity index (χ4n) is 3.64. The van der Waals surface area contributed by atoms with Gasteiger partial charge in [-0.25, -0.2) is 9.97 Å². The van der Waals surface area contributed by atoms with Crippen LogP contribution in [-0.4, -0.2) is 53.9 Å². The SMILES string of the molecule is CNCCCN(C)C(=O)c1ccc(Nc2ncc3c(n2)-c2ccccc2NC(=O)C3)cc1. The number of aromatic nitrogens is 2. The summed E-state index contributed by atoms with van der Waals surface area (Å²) in [6.45, 7) is 1.57. The Hall–Kier alpha value is -3.78. The summed E-state index contributed by atoms with van der Waals surface area (Å²) >= 11 is 0. The van der Waals surface area contributed by atoms with Gasteiger partial charge in [0.15, 0.2) is 0 Å². The summed E-state index contributed by atoms with van der Waals surface area (Å²) in [7, 11) is 3.71. The summed E-state index contributed by atoms with van der Waals surface area (Å²) in [5.41, 5.74) is 4.51. The number of carbonyl (C=O) groups excluding carboxylic acids is 2. The maximum atomic E-state index is 12.6. The number of nitrogens with one attached hydrogen (secondary N) is 3. The molecule has 3 N–H and O–H groups in total. The molecule has 0 fully saturated rings. The van der Waals surface area contributed by atoms with Gasteiger partial charge >= 0.3 is 0 Å². The van der Waals surface area contributed by atoms with Gasteiger partial charge in [-0.05, 0) is 50.3 Å². The molecule has 2 aromatic carbocycles. The Kier molecular flexibility index (Phi) is 6.42. The standard InChI is InChI=1S/C24H26N6O2/c1-25-12-5-13-30(2)23(32)16-8-10-18(11-9-16)27-24-26-15-17-14-21(31)28-20-7-4-3-6-19(20)22(17)29-24/h3-4,6-11,15,25H,5,12-14H2,1-2H3,(H,28,31)(H,26,27,29). The quantitative estimate of drug-likeness (QED) is 0.498. The third-order valence-electron chi connectivity index (χ3n) is 5.33. The Bertz CT molecular complexity index is 1130. The molecular formula is C24H26N6O2. The first kappa shape index (κ1) is 21.5. The molecule has 3 aromatic rings. The largest absolute Gasteiger partial charge is 0.342 e. The maximum absolute atomic E-state index is 12.6. The highest BCUT2D eigenvalue weighted by Crippen LogP contribution is 2.32. The van der Waals surface area contributed by atoms with Crippen molar-refractivity contribution < 1.29 is 9.59 Å². The number of anilines is 3. The van der Waals surface area contributed by atoms with Crippen LogP contribution in [0.3, 0.4) is 0 Å². The van der Waals surface area contributed by atoms with E-state index in [2.05, 4.69) is 25.9 Å². The van der Waals surface area contributed by atoms with E-state index in [9.17, 15) is 9.59 Å². The third-order valence-corrected chi connectivity index (χ3v) is 5.33. The molecule has 1 aliphatic rings. The van der Waals surface area contributed by atoms with Gasteiger partial charge in [0.25, 0.3) is 5.91 Å². The normalized spacial score (nSPS) is 12.2. The minimum atomic E-state index is -0.0864. The zero-order chi connectivity index (χ0) is 22.5. The highest BCUT2D eigenvalue weighted by molar-refractivity contribution is 6.00. The number of benzene rings is 2. The van der Waals surface area contributed by atoms with Crippen LogP contribution in [0.1, 0.15) is 22.3 Å². The van der Waals surface area contributed by atoms with E-state index in [1.165, 1.54) is 0 Å². The lowest BCUT2D eigenvalue weighted by Gasteiger charge is -2.17. The molecule has 2 heterocycles. The lowest BCUT2D eigenvalue weighted by atomic mass is 10.1. The summed E-state index contributed by atoms with van der Waals surface area (Å²) in [4.78, 5) is 35.5. The molecule has 8 heteroatoms. The van der Waals surface area contributed by atoms with Gasteiger partial charge in [0.1, 0.15) is 0 Å². The average molecular weight is 431 g/mol. The van der Waals surface area contributed by atoms with Gasteiger partial charge in [0.05, 0.1) is 17.8 Å². The Labute approximate surface area is 187 Å². The second-order valence-corrected chi connectivity index (χ2v) is 7.72. The van der Waals surface area contributed by atoms with Gasteiger partial charge in [-0.2, -0.15) is 0 Å². The van der Waals surface area contributed by atoms with Gasteiger partial charge in [0, 0.05) is 42.2 Å². The third kappa shape index (κ3) is 4.76. The van der Waals surface area contributed by atoms with Crippen molar-refractivity contribution in [2.24, 2.45) is 0 Å². The topological polar surface area (TPSA) is 99.2 Å². The van der Waals surface area contributed by atoms with E-state index in [1.54, 1.807) is 23.2 Å². The zero-order valence-electron chi connectivity index (χ0n) is 18.2. The molecular weight excluding hydrogens is 404 g/mol. The first-order valence-electron chi connectivity index (χ1n) is 10.6. The Morgan fingerprint density at radius 3 is 2.72 bits per heavy atom. The molecule has 0 unspecified atom stereocenters. The lowest BCUT2D eigenvalue weighted by molar-refractivity contribution is -0.115. The summed E-state index contributed by atoms with van der Waals surface area (Å²) in [5, 5.41) is 9.19. The molecule has 0 bridgehead atoms. The van der Waals surface area contributed by atoms with Crippen LogP contribution in [0.5, 0.6) is 0 Å². The van der Waals surface area contributed by atoms with Crippen molar-refractivity contribution in [3.8, 4) is 11.3 Å². The molecule has 2 amide bonds. The number of nitrogens with zero attached hydrogens (tertiary/aromatic N) is 3. The number of carbonyl (C=O) groups is 2. The van der Waals surface area contributed by atoms with Crippen molar-refractivity contribution in [3.63, 3.8) is 0 Å². The molecule has 32 heavy (non-hydrogen) atoms. The molecule has 0 saturated carbocycles. The summed E-state index contributed by atoms with van der Waals surface area (Å²) in [5.74, 6) is 0.329. The number of hydrogen-bond acceptors (Lipinski definition) is 6. The Morgan fingerprint density at radius 1 is 1.16 bits per heavy atom. The van der Waals surface area contributed by atoms with Gasteiger partial charge in [-0.3, -0.25) is 9.59 Å². The van der Waals surface area contributed by atoms with Crippen LogP contribution < -0.4 is 16.0 Å². The molecule has 0 atom stereocenters. The number of hydrogen-bond donors (Lipinski definition) is 3. The molecule has 0 saturated heterocycles. The molecule has 0 aliphatic carbocycles. The van der Waals surface area contributed by atoms with Crippen molar-refractivity contribution in [2.45, 2.75) is 12.8 Å². The highest BCUT2D eigenvalue weighted by atomic mass is 16.2. The number of para-hydroxylation sites is 1. The monoisotopic (exact) mass is 430 g/mol. The zero-order valence-corrected chi connectivity index (χ0v) is 18.2. The van der Waals surface area contributed by atoms with Crippen LogP contribution in [0.4, 0.5) is 17.3 Å². The Morgan fingerprint density at radius 2 is 1.94 bits per heavy atom. The van der Waals surface area contributed by atoms with Crippen LogP contribution in [0.2, 0.25) is 0 Å². The van der Waals surface area contributed by atoms with E-state index in [0.717, 1.165) is 41.2 Å². The fourth-order valence-corrected chi connectivity index (χ4v) is 3.64. The highest BCUT2D eigenvalue weighted by Gasteiger charge is 2.20. The lowest BCUT2D eigenvalue weighted by Crippen LogP contribution is -2.29. The molecule has 1 aromatic heterocycles. The minimum Gasteiger partial charge on any atom is -0.342 e. The van der Waals surface area contributed by atoms with Gasteiger partial charge in [0.2, 0.25) is 11.9 Å². The number of rotatable bonds is 7. The average Bonchev–Trinajstić information content (AvgIpc) is 2.94. The molecule has 164 valence electrons. The van der Waals surface area contributed by atoms with E-state index >= 15 is 0 Å². The van der Waals surface area contributed by atoms with E-state index in [0.29, 0.717) is 18.1 Å². The first-order valence-corrected chi connectivity index (χ1v) is 10.6. The second-order valence-electron chi connectivity index (χ2n) is 7.72. The van der Waals surface area contributed by atoms with Crippen LogP contribution in [0, 0.1) is 0 Å². The van der Waals surface area contributed by atoms with Gasteiger partial charge < -0.3 is 20.9 Å². The van der Waals surface area contributed by atoms with Crippen LogP contribution in [-0.2, 0) is 11.2 Å². The Balaban J connectivity index is 1.51. The minimum absolute atomic E-state index is 0.0114. The van der Waals surface area contributed by atoms with E-state index in [-0.39, 0.29) is 18.2 Å². The predicted octanol–water partition coefficient (Wildman–Crippen LogP) is 3.06. The van der Waals surface area contributed by atoms with Crippen molar-refractivity contribution in [1.29, 1.82) is 0 Å². The predicted molar refractivity (Wildman–Crippen MR) is 125 cm³/mol. The van der Waals surface area contributed by atoms with Crippen LogP contribution in [0.15, 0.2) is 54.7 Å². The van der Waals surface area contributed by atoms with E-state index in [4.69, 9.17) is 0 Å². The molecule has 0 radical (unpaired) electrons. The van der Waals surface area contributed by atoms with Crippen molar-refractivity contribution >= 4 is 29.1 Å². The van der Waals surface area contributed by atoms with E-state index < -0.39 is 0 Å². The first-order chi connectivity index (χ1) is 15.5. The van der Waals surface area contributed by atoms with Crippen molar-refractivity contribution in [3.05, 3.63) is 65.9 Å². The summed E-state index contributed by atoms with van der Waals surface area (Å²) in [6.07, 6.45) is 2.81. The maximum Gasteiger partial charge on any atom is 0.253 e. The number of fused-ring (bicyclic) bond motifs is 3. The molecule has 1 aliphatic heterocycles. The van der Waals surface area contributed by atoms with Crippen LogP contribution in [0.25, 0.3) is 11.3 Å². The van der Waals surface area contributed by atoms with Crippen LogP contribution >= 0.6 is 0 Å². The van der Waals surface area contributed by atoms with E-state index in [1.807, 2.05) is 50.5 Å². The molecule has 8 nitrogen and oxygen atoms in total. The smallest absolute Gasteiger partial charge is 0.253 e.